The molecule has 2 N–H and O–H groups in total. The molecule has 19 heavy (non-hydrogen) atoms. The van der Waals surface area contributed by atoms with E-state index in [2.05, 4.69) is 45.6 Å². The average Bonchev–Trinajstić information content (AvgIpc) is 2.29. The first-order chi connectivity index (χ1) is 8.81. The zero-order chi connectivity index (χ0) is 14.5. The second-order valence-electron chi connectivity index (χ2n) is 5.69. The lowest BCUT2D eigenvalue weighted by Crippen LogP contribution is -2.45. The molecule has 4 heteroatoms. The quantitative estimate of drug-likeness (QED) is 0.870. The molecule has 0 spiro atoms. The third-order valence-corrected chi connectivity index (χ3v) is 3.23. The third kappa shape index (κ3) is 6.21. The van der Waals surface area contributed by atoms with Crippen molar-refractivity contribution in [3.8, 4) is 0 Å². The monoisotopic (exact) mass is 326 g/mol. The van der Waals surface area contributed by atoms with Crippen molar-refractivity contribution in [1.29, 1.82) is 0 Å². The second-order valence-corrected chi connectivity index (χ2v) is 6.61. The zero-order valence-electron chi connectivity index (χ0n) is 12.1. The maximum absolute atomic E-state index is 11.8. The maximum Gasteiger partial charge on any atom is 0.234 e. The van der Waals surface area contributed by atoms with E-state index in [0.717, 1.165) is 10.9 Å². The molecule has 0 saturated heterocycles. The van der Waals surface area contributed by atoms with Crippen molar-refractivity contribution in [1.82, 2.24) is 10.6 Å². The van der Waals surface area contributed by atoms with Crippen molar-refractivity contribution in [3.63, 3.8) is 0 Å². The summed E-state index contributed by atoms with van der Waals surface area (Å²) in [5.41, 5.74) is 1.02. The third-order valence-electron chi connectivity index (χ3n) is 2.70. The number of hydrogen-bond acceptors (Lipinski definition) is 2. The van der Waals surface area contributed by atoms with E-state index < -0.39 is 0 Å². The largest absolute Gasteiger partial charge is 0.350 e. The summed E-state index contributed by atoms with van der Waals surface area (Å²) in [6, 6.07) is 8.41. The fourth-order valence-corrected chi connectivity index (χ4v) is 2.14. The molecule has 0 aliphatic heterocycles. The average molecular weight is 327 g/mol. The van der Waals surface area contributed by atoms with E-state index in [4.69, 9.17) is 0 Å². The highest BCUT2D eigenvalue weighted by Crippen LogP contribution is 2.19. The molecule has 0 aliphatic carbocycles. The minimum absolute atomic E-state index is 0.0306. The Bertz CT molecular complexity index is 409. The maximum atomic E-state index is 11.8. The van der Waals surface area contributed by atoms with Gasteiger partial charge in [0.2, 0.25) is 5.91 Å². The Morgan fingerprint density at radius 2 is 1.84 bits per heavy atom. The number of halogens is 1. The normalized spacial score (nSPS) is 13.1. The fourth-order valence-electron chi connectivity index (χ4n) is 1.87. The van der Waals surface area contributed by atoms with Crippen molar-refractivity contribution in [2.24, 2.45) is 0 Å². The standard InChI is InChI=1S/C15H23BrN2O/c1-5-13(11-6-8-12(16)9-7-11)17-10-14(19)18-15(2,3)4/h6-9,13,17H,5,10H2,1-4H3,(H,18,19). The van der Waals surface area contributed by atoms with Crippen LogP contribution in [-0.2, 0) is 4.79 Å². The number of amides is 1. The van der Waals surface area contributed by atoms with Crippen LogP contribution in [-0.4, -0.2) is 18.0 Å². The Kier molecular flexibility index (Phi) is 6.01. The number of rotatable bonds is 5. The van der Waals surface area contributed by atoms with Crippen LogP contribution in [0.15, 0.2) is 28.7 Å². The Balaban J connectivity index is 2.54. The van der Waals surface area contributed by atoms with E-state index in [-0.39, 0.29) is 17.5 Å². The first-order valence-electron chi connectivity index (χ1n) is 6.61. The molecular weight excluding hydrogens is 304 g/mol. The van der Waals surface area contributed by atoms with Crippen LogP contribution >= 0.6 is 15.9 Å². The minimum atomic E-state index is -0.182. The van der Waals surface area contributed by atoms with Crippen LogP contribution < -0.4 is 10.6 Å². The molecule has 1 amide bonds. The molecule has 1 atom stereocenters. The van der Waals surface area contributed by atoms with Crippen molar-refractivity contribution in [2.75, 3.05) is 6.54 Å². The molecule has 0 heterocycles. The van der Waals surface area contributed by atoms with Crippen LogP contribution in [0.5, 0.6) is 0 Å². The molecule has 0 bridgehead atoms. The number of carbonyl (C=O) groups is 1. The summed E-state index contributed by atoms with van der Waals surface area (Å²) >= 11 is 3.43. The molecule has 0 saturated carbocycles. The van der Waals surface area contributed by atoms with Crippen molar-refractivity contribution in [3.05, 3.63) is 34.3 Å². The van der Waals surface area contributed by atoms with Crippen molar-refractivity contribution in [2.45, 2.75) is 45.7 Å². The minimum Gasteiger partial charge on any atom is -0.350 e. The van der Waals surface area contributed by atoms with Crippen molar-refractivity contribution >= 4 is 21.8 Å². The van der Waals surface area contributed by atoms with Crippen LogP contribution in [0.2, 0.25) is 0 Å². The Labute approximate surface area is 124 Å². The highest BCUT2D eigenvalue weighted by Gasteiger charge is 2.15. The van der Waals surface area contributed by atoms with Gasteiger partial charge in [0.05, 0.1) is 6.54 Å². The molecule has 0 aliphatic rings. The lowest BCUT2D eigenvalue weighted by atomic mass is 10.0. The summed E-state index contributed by atoms with van der Waals surface area (Å²) in [4.78, 5) is 11.8. The van der Waals surface area contributed by atoms with Gasteiger partial charge in [0.1, 0.15) is 0 Å². The molecule has 0 fully saturated rings. The molecule has 0 radical (unpaired) electrons. The number of hydrogen-bond donors (Lipinski definition) is 2. The summed E-state index contributed by atoms with van der Waals surface area (Å²) < 4.78 is 1.07. The van der Waals surface area contributed by atoms with Gasteiger partial charge in [0, 0.05) is 16.1 Å². The first-order valence-corrected chi connectivity index (χ1v) is 7.41. The first kappa shape index (κ1) is 16.2. The lowest BCUT2D eigenvalue weighted by Gasteiger charge is -2.22. The van der Waals surface area contributed by atoms with Crippen LogP contribution in [0.3, 0.4) is 0 Å². The van der Waals surface area contributed by atoms with Gasteiger partial charge in [0.25, 0.3) is 0 Å². The predicted molar refractivity (Wildman–Crippen MR) is 83.1 cm³/mol. The summed E-state index contributed by atoms with van der Waals surface area (Å²) in [6.45, 7) is 8.40. The van der Waals surface area contributed by atoms with E-state index in [1.165, 1.54) is 5.56 Å². The number of nitrogens with one attached hydrogen (secondary N) is 2. The van der Waals surface area contributed by atoms with Gasteiger partial charge in [-0.1, -0.05) is 35.0 Å². The number of benzene rings is 1. The fraction of sp³-hybridized carbons (Fsp3) is 0.533. The van der Waals surface area contributed by atoms with Crippen LogP contribution in [0.25, 0.3) is 0 Å². The van der Waals surface area contributed by atoms with E-state index in [0.29, 0.717) is 6.54 Å². The smallest absolute Gasteiger partial charge is 0.234 e. The Hall–Kier alpha value is -0.870. The Morgan fingerprint density at radius 3 is 2.32 bits per heavy atom. The summed E-state index contributed by atoms with van der Waals surface area (Å²) in [7, 11) is 0. The van der Waals surface area contributed by atoms with Gasteiger partial charge >= 0.3 is 0 Å². The predicted octanol–water partition coefficient (Wildman–Crippen LogP) is 3.40. The second kappa shape index (κ2) is 7.06. The van der Waals surface area contributed by atoms with Crippen LogP contribution in [0.1, 0.15) is 45.7 Å². The van der Waals surface area contributed by atoms with Crippen LogP contribution in [0, 0.1) is 0 Å². The summed E-state index contributed by atoms with van der Waals surface area (Å²) in [5.74, 6) is 0.0306. The molecule has 1 unspecified atom stereocenters. The van der Waals surface area contributed by atoms with Gasteiger partial charge in [-0.15, -0.1) is 0 Å². The lowest BCUT2D eigenvalue weighted by molar-refractivity contribution is -0.121. The van der Waals surface area contributed by atoms with Gasteiger partial charge in [-0.25, -0.2) is 0 Å². The SMILES string of the molecule is CCC(NCC(=O)NC(C)(C)C)c1ccc(Br)cc1. The van der Waals surface area contributed by atoms with E-state index >= 15 is 0 Å². The van der Waals surface area contributed by atoms with Crippen LogP contribution in [0.4, 0.5) is 0 Å². The van der Waals surface area contributed by atoms with Gasteiger partial charge in [-0.3, -0.25) is 4.79 Å². The van der Waals surface area contributed by atoms with E-state index in [1.807, 2.05) is 32.9 Å². The molecular formula is C15H23BrN2O. The molecule has 3 nitrogen and oxygen atoms in total. The van der Waals surface area contributed by atoms with Gasteiger partial charge in [0.15, 0.2) is 0 Å². The number of carbonyl (C=O) groups excluding carboxylic acids is 1. The molecule has 1 aromatic rings. The summed E-state index contributed by atoms with van der Waals surface area (Å²) in [6.07, 6.45) is 0.949. The summed E-state index contributed by atoms with van der Waals surface area (Å²) in [5, 5.41) is 6.25. The topological polar surface area (TPSA) is 41.1 Å². The highest BCUT2D eigenvalue weighted by atomic mass is 79.9. The van der Waals surface area contributed by atoms with Crippen molar-refractivity contribution < 1.29 is 4.79 Å². The zero-order valence-corrected chi connectivity index (χ0v) is 13.7. The van der Waals surface area contributed by atoms with Gasteiger partial charge < -0.3 is 10.6 Å². The van der Waals surface area contributed by atoms with Gasteiger partial charge in [-0.05, 0) is 44.9 Å². The molecule has 1 rings (SSSR count). The molecule has 1 aromatic carbocycles. The Morgan fingerprint density at radius 1 is 1.26 bits per heavy atom. The molecule has 0 aromatic heterocycles. The van der Waals surface area contributed by atoms with E-state index in [9.17, 15) is 4.79 Å². The molecule has 106 valence electrons. The van der Waals surface area contributed by atoms with E-state index in [1.54, 1.807) is 0 Å². The highest BCUT2D eigenvalue weighted by molar-refractivity contribution is 9.10. The van der Waals surface area contributed by atoms with Gasteiger partial charge in [-0.2, -0.15) is 0 Å².